The number of allylic oxidation sites excluding steroid dienone is 1. The fraction of sp³-hybridized carbons (Fsp3) is 0.640. The van der Waals surface area contributed by atoms with Crippen LogP contribution in [0.1, 0.15) is 99.0 Å². The summed E-state index contributed by atoms with van der Waals surface area (Å²) >= 11 is 0. The second-order valence-electron chi connectivity index (χ2n) is 9.81. The normalized spacial score (nSPS) is 20.9. The van der Waals surface area contributed by atoms with Crippen molar-refractivity contribution >= 4 is 5.91 Å². The monoisotopic (exact) mass is 440 g/mol. The first-order chi connectivity index (χ1) is 15.4. The Morgan fingerprint density at radius 2 is 1.97 bits per heavy atom. The highest BCUT2D eigenvalue weighted by molar-refractivity contribution is 5.92. The lowest BCUT2D eigenvalue weighted by Gasteiger charge is -2.29. The van der Waals surface area contributed by atoms with E-state index < -0.39 is 6.04 Å². The number of hydrogen-bond acceptors (Lipinski definition) is 4. The fourth-order valence-corrected chi connectivity index (χ4v) is 5.45. The van der Waals surface area contributed by atoms with Gasteiger partial charge in [0, 0.05) is 18.8 Å². The van der Waals surface area contributed by atoms with E-state index in [9.17, 15) is 9.59 Å². The lowest BCUT2D eigenvalue weighted by atomic mass is 9.79. The lowest BCUT2D eigenvalue weighted by molar-refractivity contribution is 0.0931. The van der Waals surface area contributed by atoms with Crippen LogP contribution in [0.3, 0.4) is 0 Å². The molecule has 0 aromatic carbocycles. The van der Waals surface area contributed by atoms with E-state index in [0.29, 0.717) is 17.4 Å². The molecule has 0 aliphatic heterocycles. The Balaban J connectivity index is 1.73. The second kappa shape index (κ2) is 9.51. The molecule has 2 aromatic rings. The summed E-state index contributed by atoms with van der Waals surface area (Å²) in [6.45, 7) is 6.51. The molecular weight excluding hydrogens is 404 g/mol. The van der Waals surface area contributed by atoms with E-state index in [2.05, 4.69) is 30.4 Å². The van der Waals surface area contributed by atoms with Gasteiger partial charge in [0.05, 0.1) is 17.6 Å². The minimum Gasteiger partial charge on any atom is -0.364 e. The number of aromatic nitrogens is 3. The van der Waals surface area contributed by atoms with Gasteiger partial charge in [-0.05, 0) is 56.4 Å². The SMILES string of the molecule is Cc1c(C(NC(=O)c2ccon2)C2=CCC(C(C)C)CC2)c(=O)n(C2CCCCC2)n1C. The van der Waals surface area contributed by atoms with Gasteiger partial charge in [-0.25, -0.2) is 4.68 Å². The van der Waals surface area contributed by atoms with Crippen molar-refractivity contribution in [2.75, 3.05) is 0 Å². The first-order valence-electron chi connectivity index (χ1n) is 12.1. The van der Waals surface area contributed by atoms with Gasteiger partial charge in [0.2, 0.25) is 0 Å². The van der Waals surface area contributed by atoms with Gasteiger partial charge in [-0.1, -0.05) is 44.3 Å². The number of nitrogens with one attached hydrogen (secondary N) is 1. The Morgan fingerprint density at radius 1 is 1.22 bits per heavy atom. The quantitative estimate of drug-likeness (QED) is 0.652. The van der Waals surface area contributed by atoms with Crippen molar-refractivity contribution in [1.82, 2.24) is 19.8 Å². The van der Waals surface area contributed by atoms with Crippen molar-refractivity contribution in [3.63, 3.8) is 0 Å². The van der Waals surface area contributed by atoms with Crippen molar-refractivity contribution < 1.29 is 9.32 Å². The first kappa shape index (κ1) is 22.6. The molecule has 32 heavy (non-hydrogen) atoms. The third-order valence-corrected chi connectivity index (χ3v) is 7.59. The smallest absolute Gasteiger partial charge is 0.274 e. The Morgan fingerprint density at radius 3 is 2.56 bits per heavy atom. The van der Waals surface area contributed by atoms with Crippen molar-refractivity contribution in [3.8, 4) is 0 Å². The van der Waals surface area contributed by atoms with Crippen LogP contribution in [0.2, 0.25) is 0 Å². The van der Waals surface area contributed by atoms with Crippen LogP contribution in [0.5, 0.6) is 0 Å². The van der Waals surface area contributed by atoms with E-state index in [0.717, 1.165) is 56.2 Å². The number of carbonyl (C=O) groups excluding carboxylic acids is 1. The summed E-state index contributed by atoms with van der Waals surface area (Å²) in [5.74, 6) is 0.946. The zero-order valence-electron chi connectivity index (χ0n) is 19.8. The zero-order chi connectivity index (χ0) is 22.8. The molecule has 0 saturated heterocycles. The number of hydrogen-bond donors (Lipinski definition) is 1. The molecule has 7 nitrogen and oxygen atoms in total. The third kappa shape index (κ3) is 4.34. The van der Waals surface area contributed by atoms with Crippen LogP contribution in [-0.2, 0) is 7.05 Å². The molecule has 0 bridgehead atoms. The molecule has 1 N–H and O–H groups in total. The molecule has 0 spiro atoms. The maximum atomic E-state index is 13.8. The Labute approximate surface area is 189 Å². The molecular formula is C25H36N4O3. The van der Waals surface area contributed by atoms with Crippen molar-refractivity contribution in [2.24, 2.45) is 18.9 Å². The highest BCUT2D eigenvalue weighted by atomic mass is 16.5. The second-order valence-corrected chi connectivity index (χ2v) is 9.81. The molecule has 2 atom stereocenters. The maximum absolute atomic E-state index is 13.8. The van der Waals surface area contributed by atoms with Crippen LogP contribution in [0.15, 0.2) is 33.3 Å². The Kier molecular flexibility index (Phi) is 6.72. The van der Waals surface area contributed by atoms with Gasteiger partial charge in [0.25, 0.3) is 11.5 Å². The van der Waals surface area contributed by atoms with Gasteiger partial charge in [-0.3, -0.25) is 14.3 Å². The Hall–Kier alpha value is -2.57. The third-order valence-electron chi connectivity index (χ3n) is 7.59. The van der Waals surface area contributed by atoms with E-state index in [1.807, 2.05) is 23.3 Å². The molecule has 2 aromatic heterocycles. The van der Waals surface area contributed by atoms with Gasteiger partial charge in [-0.2, -0.15) is 0 Å². The van der Waals surface area contributed by atoms with Crippen LogP contribution >= 0.6 is 0 Å². The van der Waals surface area contributed by atoms with Gasteiger partial charge in [-0.15, -0.1) is 0 Å². The summed E-state index contributed by atoms with van der Waals surface area (Å²) in [7, 11) is 1.97. The van der Waals surface area contributed by atoms with Crippen LogP contribution in [-0.4, -0.2) is 20.4 Å². The molecule has 2 heterocycles. The summed E-state index contributed by atoms with van der Waals surface area (Å²) in [6.07, 6.45) is 12.2. The van der Waals surface area contributed by atoms with Crippen LogP contribution < -0.4 is 10.9 Å². The van der Waals surface area contributed by atoms with E-state index in [1.54, 1.807) is 6.07 Å². The summed E-state index contributed by atoms with van der Waals surface area (Å²) < 4.78 is 8.80. The summed E-state index contributed by atoms with van der Waals surface area (Å²) in [5, 5.41) is 6.91. The van der Waals surface area contributed by atoms with Crippen LogP contribution in [0, 0.1) is 18.8 Å². The molecule has 0 radical (unpaired) electrons. The molecule has 2 aliphatic rings. The standard InChI is InChI=1S/C25H36N4O3/c1-16(2)18-10-12-19(13-11-18)23(26-24(30)21-14-15-32-27-21)22-17(3)28(4)29(25(22)31)20-8-6-5-7-9-20/h12,14-16,18,20,23H,5-11,13H2,1-4H3,(H,26,30). The van der Waals surface area contributed by atoms with Crippen LogP contribution in [0.25, 0.3) is 0 Å². The molecule has 1 saturated carbocycles. The molecule has 2 aliphatic carbocycles. The number of carbonyl (C=O) groups is 1. The van der Waals surface area contributed by atoms with Crippen LogP contribution in [0.4, 0.5) is 0 Å². The molecule has 1 amide bonds. The van der Waals surface area contributed by atoms with Gasteiger partial charge in [0.1, 0.15) is 6.26 Å². The number of amides is 1. The molecule has 4 rings (SSSR count). The predicted octanol–water partition coefficient (Wildman–Crippen LogP) is 4.84. The average molecular weight is 441 g/mol. The molecule has 174 valence electrons. The Bertz CT molecular complexity index is 1020. The number of rotatable bonds is 6. The summed E-state index contributed by atoms with van der Waals surface area (Å²) in [5.41, 5.74) is 2.98. The number of nitrogens with zero attached hydrogens (tertiary/aromatic N) is 3. The van der Waals surface area contributed by atoms with E-state index in [1.165, 1.54) is 12.7 Å². The fourth-order valence-electron chi connectivity index (χ4n) is 5.45. The van der Waals surface area contributed by atoms with Crippen molar-refractivity contribution in [1.29, 1.82) is 0 Å². The van der Waals surface area contributed by atoms with E-state index >= 15 is 0 Å². The largest absolute Gasteiger partial charge is 0.364 e. The molecule has 1 fully saturated rings. The molecule has 2 unspecified atom stereocenters. The highest BCUT2D eigenvalue weighted by Crippen LogP contribution is 2.36. The van der Waals surface area contributed by atoms with Gasteiger partial charge < -0.3 is 9.84 Å². The minimum absolute atomic E-state index is 0.0224. The summed E-state index contributed by atoms with van der Waals surface area (Å²) in [4.78, 5) is 26.7. The maximum Gasteiger partial charge on any atom is 0.274 e. The lowest BCUT2D eigenvalue weighted by Crippen LogP contribution is -2.36. The van der Waals surface area contributed by atoms with Gasteiger partial charge >= 0.3 is 0 Å². The average Bonchev–Trinajstić information content (AvgIpc) is 3.41. The minimum atomic E-state index is -0.448. The predicted molar refractivity (Wildman–Crippen MR) is 124 cm³/mol. The van der Waals surface area contributed by atoms with E-state index in [-0.39, 0.29) is 23.2 Å². The topological polar surface area (TPSA) is 82.1 Å². The molecule has 7 heteroatoms. The first-order valence-corrected chi connectivity index (χ1v) is 12.1. The van der Waals surface area contributed by atoms with Gasteiger partial charge in [0.15, 0.2) is 5.69 Å². The summed E-state index contributed by atoms with van der Waals surface area (Å²) in [6, 6.07) is 1.33. The highest BCUT2D eigenvalue weighted by Gasteiger charge is 2.32. The van der Waals surface area contributed by atoms with Crippen molar-refractivity contribution in [3.05, 3.63) is 51.3 Å². The van der Waals surface area contributed by atoms with E-state index in [4.69, 9.17) is 4.52 Å². The van der Waals surface area contributed by atoms with Crippen molar-refractivity contribution in [2.45, 2.75) is 84.2 Å². The zero-order valence-corrected chi connectivity index (χ0v) is 19.8.